The molecule has 4 rings (SSSR count). The smallest absolute Gasteiger partial charge is 0.293 e. The first-order valence-corrected chi connectivity index (χ1v) is 13.6. The van der Waals surface area contributed by atoms with E-state index in [-0.39, 0.29) is 17.7 Å². The molecule has 0 aromatic heterocycles. The van der Waals surface area contributed by atoms with Gasteiger partial charge in [-0.1, -0.05) is 57.3 Å². The van der Waals surface area contributed by atoms with Gasteiger partial charge in [0.25, 0.3) is 11.1 Å². The Labute approximate surface area is 239 Å². The fourth-order valence-corrected chi connectivity index (χ4v) is 5.66. The van der Waals surface area contributed by atoms with Crippen LogP contribution in [0.1, 0.15) is 16.7 Å². The summed E-state index contributed by atoms with van der Waals surface area (Å²) in [6.07, 6.45) is 1.68. The molecule has 0 spiro atoms. The summed E-state index contributed by atoms with van der Waals surface area (Å²) in [5, 5.41) is 0.530. The number of rotatable bonds is 7. The molecule has 2 amide bonds. The van der Waals surface area contributed by atoms with Gasteiger partial charge in [0.15, 0.2) is 11.5 Å². The Balaban J connectivity index is 1.53. The standard InChI is InChI=1S/C25H17BrCl2INO4S/c1-33-21-9-15(8-20(29)23(21)34-13-14-2-5-17(26)6-3-14)10-22-24(31)30(25(32)35-22)12-16-4-7-18(27)11-19(16)28/h2-11H,12-13H2,1H3/b22-10-. The Bertz CT molecular complexity index is 1330. The number of amides is 2. The summed E-state index contributed by atoms with van der Waals surface area (Å²) in [7, 11) is 1.56. The molecule has 0 unspecified atom stereocenters. The molecule has 0 aliphatic carbocycles. The summed E-state index contributed by atoms with van der Waals surface area (Å²) in [4.78, 5) is 27.0. The summed E-state index contributed by atoms with van der Waals surface area (Å²) < 4.78 is 13.4. The van der Waals surface area contributed by atoms with Crippen molar-refractivity contribution in [3.63, 3.8) is 0 Å². The Morgan fingerprint density at radius 2 is 1.83 bits per heavy atom. The van der Waals surface area contributed by atoms with Crippen molar-refractivity contribution in [1.82, 2.24) is 4.90 Å². The van der Waals surface area contributed by atoms with Crippen LogP contribution < -0.4 is 9.47 Å². The van der Waals surface area contributed by atoms with Crippen molar-refractivity contribution in [2.24, 2.45) is 0 Å². The highest BCUT2D eigenvalue weighted by Gasteiger charge is 2.35. The molecule has 0 bridgehead atoms. The van der Waals surface area contributed by atoms with Crippen molar-refractivity contribution < 1.29 is 19.1 Å². The minimum atomic E-state index is -0.379. The number of carbonyl (C=O) groups excluding carboxylic acids is 2. The van der Waals surface area contributed by atoms with Gasteiger partial charge in [-0.25, -0.2) is 0 Å². The van der Waals surface area contributed by atoms with Crippen molar-refractivity contribution >= 4 is 90.7 Å². The van der Waals surface area contributed by atoms with Crippen LogP contribution in [-0.2, 0) is 17.9 Å². The molecule has 35 heavy (non-hydrogen) atoms. The molecule has 1 heterocycles. The number of nitrogens with zero attached hydrogens (tertiary/aromatic N) is 1. The first-order valence-electron chi connectivity index (χ1n) is 10.2. The van der Waals surface area contributed by atoms with Crippen molar-refractivity contribution in [2.45, 2.75) is 13.2 Å². The van der Waals surface area contributed by atoms with Gasteiger partial charge in [-0.3, -0.25) is 14.5 Å². The third kappa shape index (κ3) is 6.35. The van der Waals surface area contributed by atoms with Crippen LogP contribution in [-0.4, -0.2) is 23.2 Å². The van der Waals surface area contributed by atoms with E-state index >= 15 is 0 Å². The summed E-state index contributed by atoms with van der Waals surface area (Å²) >= 11 is 18.6. The molecule has 0 atom stereocenters. The molecular weight excluding hydrogens is 688 g/mol. The second kappa shape index (κ2) is 11.6. The van der Waals surface area contributed by atoms with Gasteiger partial charge in [0.1, 0.15) is 6.61 Å². The Morgan fingerprint density at radius 3 is 2.51 bits per heavy atom. The predicted octanol–water partition coefficient (Wildman–Crippen LogP) is 8.18. The number of ether oxygens (including phenoxy) is 2. The molecular formula is C25H17BrCl2INO4S. The Kier molecular flexibility index (Phi) is 8.70. The quantitative estimate of drug-likeness (QED) is 0.184. The Hall–Kier alpha value is -1.72. The van der Waals surface area contributed by atoms with Crippen molar-refractivity contribution in [1.29, 1.82) is 0 Å². The van der Waals surface area contributed by atoms with E-state index in [1.807, 2.05) is 30.3 Å². The zero-order valence-corrected chi connectivity index (χ0v) is 24.3. The Morgan fingerprint density at radius 1 is 1.09 bits per heavy atom. The summed E-state index contributed by atoms with van der Waals surface area (Å²) in [5.41, 5.74) is 2.38. The zero-order chi connectivity index (χ0) is 25.1. The van der Waals surface area contributed by atoms with Crippen LogP contribution in [0.2, 0.25) is 10.0 Å². The van der Waals surface area contributed by atoms with Crippen LogP contribution in [0.15, 0.2) is 64.0 Å². The number of hydrogen-bond acceptors (Lipinski definition) is 5. The van der Waals surface area contributed by atoms with Gasteiger partial charge in [-0.15, -0.1) is 0 Å². The molecule has 10 heteroatoms. The molecule has 1 aliphatic rings. The molecule has 0 radical (unpaired) electrons. The lowest BCUT2D eigenvalue weighted by Gasteiger charge is -2.14. The van der Waals surface area contributed by atoms with Gasteiger partial charge < -0.3 is 9.47 Å². The first-order chi connectivity index (χ1) is 16.7. The maximum atomic E-state index is 13.0. The van der Waals surface area contributed by atoms with Crippen molar-refractivity contribution in [3.05, 3.63) is 94.3 Å². The third-order valence-corrected chi connectivity index (χ3v) is 7.89. The number of thioether (sulfide) groups is 1. The van der Waals surface area contributed by atoms with E-state index in [9.17, 15) is 9.59 Å². The van der Waals surface area contributed by atoms with Crippen molar-refractivity contribution in [2.75, 3.05) is 7.11 Å². The molecule has 180 valence electrons. The predicted molar refractivity (Wildman–Crippen MR) is 152 cm³/mol. The van der Waals surface area contributed by atoms with Gasteiger partial charge in [-0.2, -0.15) is 0 Å². The monoisotopic (exact) mass is 703 g/mol. The summed E-state index contributed by atoms with van der Waals surface area (Å²) in [6.45, 7) is 0.451. The van der Waals surface area contributed by atoms with Crippen LogP contribution >= 0.6 is 73.5 Å². The summed E-state index contributed by atoms with van der Waals surface area (Å²) in [6, 6.07) is 16.5. The fraction of sp³-hybridized carbons (Fsp3) is 0.120. The zero-order valence-electron chi connectivity index (χ0n) is 18.2. The molecule has 3 aromatic carbocycles. The lowest BCUT2D eigenvalue weighted by molar-refractivity contribution is -0.123. The average Bonchev–Trinajstić information content (AvgIpc) is 3.08. The van der Waals surface area contributed by atoms with Crippen LogP contribution in [0.4, 0.5) is 4.79 Å². The highest BCUT2D eigenvalue weighted by molar-refractivity contribution is 14.1. The maximum absolute atomic E-state index is 13.0. The van der Waals surface area contributed by atoms with E-state index in [4.69, 9.17) is 32.7 Å². The lowest BCUT2D eigenvalue weighted by atomic mass is 10.1. The molecule has 1 aliphatic heterocycles. The second-order valence-electron chi connectivity index (χ2n) is 7.45. The van der Waals surface area contributed by atoms with Crippen LogP contribution in [0.5, 0.6) is 11.5 Å². The topological polar surface area (TPSA) is 55.8 Å². The lowest BCUT2D eigenvalue weighted by Crippen LogP contribution is -2.27. The third-order valence-electron chi connectivity index (χ3n) is 5.06. The number of hydrogen-bond donors (Lipinski definition) is 0. The second-order valence-corrected chi connectivity index (χ2v) is 11.4. The average molecular weight is 705 g/mol. The number of benzene rings is 3. The van der Waals surface area contributed by atoms with Crippen LogP contribution in [0.3, 0.4) is 0 Å². The van der Waals surface area contributed by atoms with Gasteiger partial charge in [0.05, 0.1) is 22.1 Å². The highest BCUT2D eigenvalue weighted by atomic mass is 127. The minimum absolute atomic E-state index is 0.0711. The molecule has 1 fully saturated rings. The number of carbonyl (C=O) groups is 2. The highest BCUT2D eigenvalue weighted by Crippen LogP contribution is 2.38. The number of imide groups is 1. The minimum Gasteiger partial charge on any atom is -0.493 e. The van der Waals surface area contributed by atoms with E-state index in [1.54, 1.807) is 37.5 Å². The molecule has 0 saturated carbocycles. The van der Waals surface area contributed by atoms with Crippen molar-refractivity contribution in [3.8, 4) is 11.5 Å². The SMILES string of the molecule is COc1cc(/C=C2\SC(=O)N(Cc3ccc(Cl)cc3Cl)C2=O)cc(I)c1OCc1ccc(Br)cc1. The van der Waals surface area contributed by atoms with E-state index in [0.717, 1.165) is 30.9 Å². The van der Waals surface area contributed by atoms with E-state index in [2.05, 4.69) is 38.5 Å². The molecule has 3 aromatic rings. The van der Waals surface area contributed by atoms with E-state index in [1.165, 1.54) is 4.90 Å². The largest absolute Gasteiger partial charge is 0.493 e. The molecule has 0 N–H and O–H groups in total. The fourth-order valence-electron chi connectivity index (χ4n) is 3.31. The molecule has 1 saturated heterocycles. The van der Waals surface area contributed by atoms with E-state index in [0.29, 0.717) is 38.6 Å². The molecule has 5 nitrogen and oxygen atoms in total. The normalized spacial score (nSPS) is 14.7. The number of halogens is 4. The van der Waals surface area contributed by atoms with Crippen LogP contribution in [0.25, 0.3) is 6.08 Å². The van der Waals surface area contributed by atoms with Gasteiger partial charge in [-0.05, 0) is 93.5 Å². The van der Waals surface area contributed by atoms with Gasteiger partial charge in [0.2, 0.25) is 0 Å². The first kappa shape index (κ1) is 26.3. The van der Waals surface area contributed by atoms with Gasteiger partial charge in [0, 0.05) is 14.5 Å². The summed E-state index contributed by atoms with van der Waals surface area (Å²) in [5.74, 6) is 0.765. The van der Waals surface area contributed by atoms with E-state index < -0.39 is 0 Å². The van der Waals surface area contributed by atoms with Crippen LogP contribution in [0, 0.1) is 3.57 Å². The maximum Gasteiger partial charge on any atom is 0.293 e. The number of methoxy groups -OCH3 is 1. The van der Waals surface area contributed by atoms with Gasteiger partial charge >= 0.3 is 0 Å².